The second kappa shape index (κ2) is 8.00. The van der Waals surface area contributed by atoms with E-state index < -0.39 is 9.84 Å². The fraction of sp³-hybridized carbons (Fsp3) is 0.318. The van der Waals surface area contributed by atoms with Crippen LogP contribution in [0.1, 0.15) is 11.1 Å². The van der Waals surface area contributed by atoms with Crippen LogP contribution in [0.4, 0.5) is 0 Å². The molecule has 0 N–H and O–H groups in total. The number of morpholine rings is 1. The molecular formula is C22H24N2O4S. The van der Waals surface area contributed by atoms with Crippen molar-refractivity contribution in [3.63, 3.8) is 0 Å². The number of aromatic nitrogens is 1. The van der Waals surface area contributed by atoms with Crippen LogP contribution in [-0.2, 0) is 31.7 Å². The minimum absolute atomic E-state index is 0.0310. The Morgan fingerprint density at radius 2 is 1.72 bits per heavy atom. The summed E-state index contributed by atoms with van der Waals surface area (Å²) in [4.78, 5) is 14.7. The first-order valence-electron chi connectivity index (χ1n) is 9.66. The predicted molar refractivity (Wildman–Crippen MR) is 111 cm³/mol. The number of carbonyl (C=O) groups excluding carboxylic acids is 1. The van der Waals surface area contributed by atoms with Gasteiger partial charge in [-0.05, 0) is 18.6 Å². The molecule has 4 rings (SSSR count). The Morgan fingerprint density at radius 1 is 1.03 bits per heavy atom. The van der Waals surface area contributed by atoms with E-state index in [-0.39, 0.29) is 23.1 Å². The largest absolute Gasteiger partial charge is 0.378 e. The molecule has 1 amide bonds. The first-order chi connectivity index (χ1) is 13.9. The summed E-state index contributed by atoms with van der Waals surface area (Å²) in [6.07, 6.45) is 1.60. The lowest BCUT2D eigenvalue weighted by Crippen LogP contribution is -2.42. The number of hydrogen-bond acceptors (Lipinski definition) is 4. The molecule has 2 heterocycles. The molecule has 0 atom stereocenters. The summed E-state index contributed by atoms with van der Waals surface area (Å²) >= 11 is 0. The zero-order valence-electron chi connectivity index (χ0n) is 16.4. The van der Waals surface area contributed by atoms with Gasteiger partial charge in [-0.2, -0.15) is 0 Å². The normalized spacial score (nSPS) is 15.0. The molecule has 1 aromatic heterocycles. The van der Waals surface area contributed by atoms with Gasteiger partial charge in [0.2, 0.25) is 5.91 Å². The number of nitrogens with zero attached hydrogens (tertiary/aromatic N) is 2. The van der Waals surface area contributed by atoms with E-state index in [4.69, 9.17) is 4.74 Å². The van der Waals surface area contributed by atoms with Crippen LogP contribution in [0.15, 0.2) is 59.6 Å². The topological polar surface area (TPSA) is 68.6 Å². The number of fused-ring (bicyclic) bond motifs is 1. The van der Waals surface area contributed by atoms with Crippen molar-refractivity contribution in [3.05, 3.63) is 65.9 Å². The van der Waals surface area contributed by atoms with Gasteiger partial charge in [0, 0.05) is 30.2 Å². The molecule has 7 heteroatoms. The Hall–Kier alpha value is -2.64. The van der Waals surface area contributed by atoms with Gasteiger partial charge in [0.1, 0.15) is 6.54 Å². The molecule has 2 aromatic carbocycles. The van der Waals surface area contributed by atoms with E-state index in [1.165, 1.54) is 0 Å². The molecule has 0 spiro atoms. The summed E-state index contributed by atoms with van der Waals surface area (Å²) in [6, 6.07) is 14.8. The number of hydrogen-bond donors (Lipinski definition) is 0. The van der Waals surface area contributed by atoms with Gasteiger partial charge in [-0.15, -0.1) is 0 Å². The third-order valence-corrected chi connectivity index (χ3v) is 6.94. The van der Waals surface area contributed by atoms with Crippen molar-refractivity contribution in [3.8, 4) is 0 Å². The summed E-state index contributed by atoms with van der Waals surface area (Å²) in [5.74, 6) is -0.102. The summed E-state index contributed by atoms with van der Waals surface area (Å²) in [5.41, 5.74) is 2.58. The van der Waals surface area contributed by atoms with Gasteiger partial charge in [-0.25, -0.2) is 8.42 Å². The van der Waals surface area contributed by atoms with Crippen LogP contribution in [0.2, 0.25) is 0 Å². The smallest absolute Gasteiger partial charge is 0.242 e. The average molecular weight is 413 g/mol. The van der Waals surface area contributed by atoms with Crippen molar-refractivity contribution in [1.29, 1.82) is 0 Å². The molecule has 1 saturated heterocycles. The van der Waals surface area contributed by atoms with Gasteiger partial charge < -0.3 is 14.2 Å². The van der Waals surface area contributed by atoms with Crippen molar-refractivity contribution in [1.82, 2.24) is 9.47 Å². The van der Waals surface area contributed by atoms with Gasteiger partial charge in [-0.3, -0.25) is 4.79 Å². The summed E-state index contributed by atoms with van der Waals surface area (Å²) < 4.78 is 33.4. The third kappa shape index (κ3) is 4.21. The maximum atomic E-state index is 13.2. The van der Waals surface area contributed by atoms with E-state index in [2.05, 4.69) is 0 Å². The maximum Gasteiger partial charge on any atom is 0.242 e. The zero-order valence-corrected chi connectivity index (χ0v) is 17.2. The van der Waals surface area contributed by atoms with Gasteiger partial charge in [0.05, 0.1) is 23.9 Å². The van der Waals surface area contributed by atoms with Crippen molar-refractivity contribution in [2.75, 3.05) is 26.3 Å². The number of rotatable bonds is 5. The van der Waals surface area contributed by atoms with E-state index in [1.54, 1.807) is 21.7 Å². The Labute approximate surface area is 170 Å². The van der Waals surface area contributed by atoms with E-state index in [0.29, 0.717) is 31.7 Å². The fourth-order valence-corrected chi connectivity index (χ4v) is 5.21. The number of benzene rings is 2. The number of para-hydroxylation sites is 1. The summed E-state index contributed by atoms with van der Waals surface area (Å²) in [5, 5.41) is 0.648. The van der Waals surface area contributed by atoms with E-state index >= 15 is 0 Å². The highest BCUT2D eigenvalue weighted by molar-refractivity contribution is 7.90. The van der Waals surface area contributed by atoms with Gasteiger partial charge in [-0.1, -0.05) is 48.0 Å². The van der Waals surface area contributed by atoms with E-state index in [0.717, 1.165) is 16.6 Å². The molecule has 1 aliphatic rings. The van der Waals surface area contributed by atoms with E-state index in [9.17, 15) is 13.2 Å². The third-order valence-electron chi connectivity index (χ3n) is 5.23. The van der Waals surface area contributed by atoms with E-state index in [1.807, 2.05) is 49.4 Å². The highest BCUT2D eigenvalue weighted by atomic mass is 32.2. The second-order valence-electron chi connectivity index (χ2n) is 7.38. The number of sulfone groups is 1. The van der Waals surface area contributed by atoms with Crippen LogP contribution in [0.25, 0.3) is 10.9 Å². The number of amides is 1. The molecule has 6 nitrogen and oxygen atoms in total. The molecular weight excluding hydrogens is 388 g/mol. The molecule has 0 radical (unpaired) electrons. The molecule has 1 fully saturated rings. The quantitative estimate of drug-likeness (QED) is 0.646. The standard InChI is InChI=1S/C22H24N2O4S/c1-17-6-8-18(9-7-17)16-29(26,27)21-14-24(20-5-3-2-4-19(20)21)15-22(25)23-10-12-28-13-11-23/h2-9,14H,10-13,15-16H2,1H3. The summed E-state index contributed by atoms with van der Waals surface area (Å²) in [7, 11) is -3.56. The first-order valence-corrected chi connectivity index (χ1v) is 11.3. The SMILES string of the molecule is Cc1ccc(CS(=O)(=O)c2cn(CC(=O)N3CCOCC3)c3ccccc23)cc1. The Balaban J connectivity index is 1.66. The van der Waals surface area contributed by atoms with Gasteiger partial charge >= 0.3 is 0 Å². The minimum atomic E-state index is -3.56. The molecule has 1 aliphatic heterocycles. The lowest BCUT2D eigenvalue weighted by Gasteiger charge is -2.27. The molecule has 152 valence electrons. The van der Waals surface area contributed by atoms with Crippen LogP contribution >= 0.6 is 0 Å². The highest BCUT2D eigenvalue weighted by Crippen LogP contribution is 2.28. The number of ether oxygens (including phenoxy) is 1. The van der Waals surface area contributed by atoms with Crippen LogP contribution in [0, 0.1) is 6.92 Å². The number of carbonyl (C=O) groups is 1. The molecule has 0 aliphatic carbocycles. The first kappa shape index (κ1) is 19.7. The monoisotopic (exact) mass is 412 g/mol. The Kier molecular flexibility index (Phi) is 5.43. The molecule has 3 aromatic rings. The zero-order chi connectivity index (χ0) is 20.4. The Morgan fingerprint density at radius 3 is 2.45 bits per heavy atom. The fourth-order valence-electron chi connectivity index (χ4n) is 3.63. The van der Waals surface area contributed by atoms with Crippen LogP contribution in [0.3, 0.4) is 0 Å². The minimum Gasteiger partial charge on any atom is -0.378 e. The molecule has 0 unspecified atom stereocenters. The van der Waals surface area contributed by atoms with Crippen molar-refractivity contribution < 1.29 is 17.9 Å². The van der Waals surface area contributed by atoms with Crippen molar-refractivity contribution in [2.24, 2.45) is 0 Å². The second-order valence-corrected chi connectivity index (χ2v) is 9.33. The van der Waals surface area contributed by atoms with Crippen LogP contribution < -0.4 is 0 Å². The lowest BCUT2D eigenvalue weighted by molar-refractivity contribution is -0.135. The average Bonchev–Trinajstić information content (AvgIpc) is 3.10. The lowest BCUT2D eigenvalue weighted by atomic mass is 10.2. The van der Waals surface area contributed by atoms with Crippen LogP contribution in [-0.4, -0.2) is 50.1 Å². The molecule has 0 saturated carbocycles. The number of aryl methyl sites for hydroxylation is 1. The van der Waals surface area contributed by atoms with Gasteiger partial charge in [0.25, 0.3) is 0 Å². The molecule has 0 bridgehead atoms. The predicted octanol–water partition coefficient (Wildman–Crippen LogP) is 2.78. The molecule has 29 heavy (non-hydrogen) atoms. The van der Waals surface area contributed by atoms with Gasteiger partial charge in [0.15, 0.2) is 9.84 Å². The van der Waals surface area contributed by atoms with Crippen molar-refractivity contribution in [2.45, 2.75) is 24.1 Å². The maximum absolute atomic E-state index is 13.2. The highest BCUT2D eigenvalue weighted by Gasteiger charge is 2.24. The van der Waals surface area contributed by atoms with Crippen molar-refractivity contribution >= 4 is 26.6 Å². The Bertz CT molecular complexity index is 1130. The van der Waals surface area contributed by atoms with Crippen LogP contribution in [0.5, 0.6) is 0 Å². The summed E-state index contributed by atoms with van der Waals surface area (Å²) in [6.45, 7) is 4.29.